The van der Waals surface area contributed by atoms with Crippen molar-refractivity contribution in [2.45, 2.75) is 17.4 Å². The van der Waals surface area contributed by atoms with Gasteiger partial charge in [-0.05, 0) is 49.4 Å². The van der Waals surface area contributed by atoms with Crippen LogP contribution >= 0.6 is 0 Å². The summed E-state index contributed by atoms with van der Waals surface area (Å²) in [5, 5.41) is 12.8. The van der Waals surface area contributed by atoms with Gasteiger partial charge < -0.3 is 29.3 Å². The van der Waals surface area contributed by atoms with E-state index in [2.05, 4.69) is 20.1 Å². The SMILES string of the molecule is CCOc1ncccc1C1(NC(=O)N2CC3(CN(CCN4CCOCC4)C3)C2)C(=O)N(S(=O)(=O)c2ccc(F)cc2OC)c2ccc(C#N)cc21. The summed E-state index contributed by atoms with van der Waals surface area (Å²) in [6.45, 7) is 9.65. The Balaban J connectivity index is 1.23. The molecule has 5 heterocycles. The smallest absolute Gasteiger partial charge is 0.318 e. The summed E-state index contributed by atoms with van der Waals surface area (Å²) in [7, 11) is -3.61. The average Bonchev–Trinajstić information content (AvgIpc) is 3.34. The van der Waals surface area contributed by atoms with E-state index in [0.29, 0.717) is 17.4 Å². The van der Waals surface area contributed by atoms with Crippen LogP contribution in [0.5, 0.6) is 11.6 Å². The zero-order valence-electron chi connectivity index (χ0n) is 28.3. The van der Waals surface area contributed by atoms with Gasteiger partial charge in [-0.3, -0.25) is 9.69 Å². The number of fused-ring (bicyclic) bond motifs is 1. The molecule has 51 heavy (non-hydrogen) atoms. The van der Waals surface area contributed by atoms with Crippen molar-refractivity contribution in [3.05, 3.63) is 77.2 Å². The lowest BCUT2D eigenvalue weighted by molar-refractivity contribution is -0.122. The lowest BCUT2D eigenvalue weighted by Gasteiger charge is -2.60. The minimum absolute atomic E-state index is 0.00412. The molecular weight excluding hydrogens is 681 g/mol. The highest BCUT2D eigenvalue weighted by atomic mass is 32.2. The van der Waals surface area contributed by atoms with E-state index >= 15 is 4.79 Å². The molecule has 1 aromatic heterocycles. The molecule has 1 atom stereocenters. The van der Waals surface area contributed by atoms with Crippen LogP contribution in [0.25, 0.3) is 0 Å². The van der Waals surface area contributed by atoms with E-state index in [1.165, 1.54) is 37.6 Å². The number of ether oxygens (including phenoxy) is 3. The second-order valence-electron chi connectivity index (χ2n) is 13.2. The van der Waals surface area contributed by atoms with Crippen molar-refractivity contribution in [1.29, 1.82) is 5.26 Å². The zero-order chi connectivity index (χ0) is 36.0. The third-order valence-electron chi connectivity index (χ3n) is 9.94. The van der Waals surface area contributed by atoms with Gasteiger partial charge in [0.2, 0.25) is 5.88 Å². The molecule has 3 fully saturated rings. The number of nitriles is 1. The van der Waals surface area contributed by atoms with Crippen LogP contribution in [0.4, 0.5) is 14.9 Å². The number of carbonyl (C=O) groups is 2. The molecule has 1 N–H and O–H groups in total. The number of benzene rings is 2. The first-order chi connectivity index (χ1) is 24.5. The summed E-state index contributed by atoms with van der Waals surface area (Å²) in [5.74, 6) is -2.12. The molecule has 2 aromatic carbocycles. The Morgan fingerprint density at radius 1 is 1.06 bits per heavy atom. The Hall–Kier alpha value is -4.82. The molecular formula is C35H38FN7O7S. The van der Waals surface area contributed by atoms with Crippen LogP contribution in [-0.4, -0.2) is 119 Å². The largest absolute Gasteiger partial charge is 0.495 e. The van der Waals surface area contributed by atoms with Crippen molar-refractivity contribution >= 4 is 27.6 Å². The van der Waals surface area contributed by atoms with Crippen molar-refractivity contribution in [3.8, 4) is 17.7 Å². The summed E-state index contributed by atoms with van der Waals surface area (Å²) in [5.41, 5.74) is -2.13. The quantitative estimate of drug-likeness (QED) is 0.328. The van der Waals surface area contributed by atoms with Crippen LogP contribution in [0.2, 0.25) is 0 Å². The Bertz CT molecular complexity index is 2010. The zero-order valence-corrected chi connectivity index (χ0v) is 29.1. The van der Waals surface area contributed by atoms with Crippen LogP contribution in [-0.2, 0) is 25.1 Å². The number of hydrogen-bond acceptors (Lipinski definition) is 11. The van der Waals surface area contributed by atoms with Crippen LogP contribution in [0.1, 0.15) is 23.6 Å². The molecule has 1 unspecified atom stereocenters. The van der Waals surface area contributed by atoms with Gasteiger partial charge in [-0.2, -0.15) is 9.57 Å². The van der Waals surface area contributed by atoms with Crippen LogP contribution in [0, 0.1) is 22.6 Å². The summed E-state index contributed by atoms with van der Waals surface area (Å²) in [6, 6.07) is 11.5. The number of halogens is 1. The molecule has 0 saturated carbocycles. The number of urea groups is 1. The Labute approximate surface area is 295 Å². The van der Waals surface area contributed by atoms with Gasteiger partial charge in [-0.1, -0.05) is 0 Å². The Morgan fingerprint density at radius 3 is 2.51 bits per heavy atom. The van der Waals surface area contributed by atoms with E-state index in [1.54, 1.807) is 17.9 Å². The Morgan fingerprint density at radius 2 is 1.80 bits per heavy atom. The number of anilines is 1. The topological polar surface area (TPSA) is 158 Å². The number of methoxy groups -OCH3 is 1. The van der Waals surface area contributed by atoms with Gasteiger partial charge in [-0.15, -0.1) is 0 Å². The number of rotatable bonds is 10. The van der Waals surface area contributed by atoms with Crippen molar-refractivity contribution in [2.24, 2.45) is 5.41 Å². The number of amides is 3. The molecule has 3 aromatic rings. The molecule has 0 radical (unpaired) electrons. The second-order valence-corrected chi connectivity index (χ2v) is 15.0. The number of sulfonamides is 1. The summed E-state index contributed by atoms with van der Waals surface area (Å²) >= 11 is 0. The highest BCUT2D eigenvalue weighted by Gasteiger charge is 2.61. The van der Waals surface area contributed by atoms with E-state index in [9.17, 15) is 22.9 Å². The molecule has 1 spiro atoms. The van der Waals surface area contributed by atoms with E-state index < -0.39 is 38.2 Å². The number of hydrogen-bond donors (Lipinski definition) is 1. The second kappa shape index (κ2) is 13.4. The third kappa shape index (κ3) is 5.93. The van der Waals surface area contributed by atoms with Gasteiger partial charge in [-0.25, -0.2) is 22.6 Å². The number of morpholine rings is 1. The summed E-state index contributed by atoms with van der Waals surface area (Å²) in [4.78, 5) is 39.5. The molecule has 0 bridgehead atoms. The molecule has 268 valence electrons. The lowest BCUT2D eigenvalue weighted by atomic mass is 9.73. The molecule has 3 amide bonds. The molecule has 4 aliphatic rings. The highest BCUT2D eigenvalue weighted by molar-refractivity contribution is 7.93. The third-order valence-corrected chi connectivity index (χ3v) is 11.7. The van der Waals surface area contributed by atoms with Gasteiger partial charge in [0.05, 0.1) is 49.8 Å². The predicted octanol–water partition coefficient (Wildman–Crippen LogP) is 2.14. The fraction of sp³-hybridized carbons (Fsp3) is 0.429. The molecule has 4 aliphatic heterocycles. The van der Waals surface area contributed by atoms with Gasteiger partial charge in [0.15, 0.2) is 5.54 Å². The van der Waals surface area contributed by atoms with Crippen molar-refractivity contribution < 1.29 is 36.6 Å². The van der Waals surface area contributed by atoms with Gasteiger partial charge >= 0.3 is 6.03 Å². The maximum atomic E-state index is 15.0. The van der Waals surface area contributed by atoms with Crippen molar-refractivity contribution in [3.63, 3.8) is 0 Å². The maximum absolute atomic E-state index is 15.0. The minimum atomic E-state index is -4.80. The van der Waals surface area contributed by atoms with E-state index in [4.69, 9.17) is 14.2 Å². The fourth-order valence-corrected chi connectivity index (χ4v) is 9.15. The number of aromatic nitrogens is 1. The van der Waals surface area contributed by atoms with Gasteiger partial charge in [0, 0.05) is 75.6 Å². The van der Waals surface area contributed by atoms with Crippen LogP contribution in [0.15, 0.2) is 59.6 Å². The van der Waals surface area contributed by atoms with Crippen molar-refractivity contribution in [2.75, 3.05) is 83.6 Å². The number of nitrogens with one attached hydrogen (secondary N) is 1. The molecule has 0 aliphatic carbocycles. The normalized spacial score (nSPS) is 21.4. The molecule has 7 rings (SSSR count). The van der Waals surface area contributed by atoms with E-state index in [0.717, 1.165) is 70.7 Å². The average molecular weight is 720 g/mol. The first-order valence-electron chi connectivity index (χ1n) is 16.7. The maximum Gasteiger partial charge on any atom is 0.318 e. The predicted molar refractivity (Wildman–Crippen MR) is 181 cm³/mol. The van der Waals surface area contributed by atoms with E-state index in [-0.39, 0.29) is 46.0 Å². The monoisotopic (exact) mass is 719 g/mol. The molecule has 16 heteroatoms. The number of nitrogens with zero attached hydrogens (tertiary/aromatic N) is 6. The number of pyridine rings is 1. The molecule has 14 nitrogen and oxygen atoms in total. The Kier molecular flexibility index (Phi) is 9.08. The standard InChI is InChI=1S/C35H38FN7O7S/c1-3-50-31-26(5-4-10-38-31)35(39-33(45)42-22-34(23-42)20-41(21-34)12-11-40-13-15-49-16-14-40)27-17-24(19-37)6-8-28(27)43(32(35)44)51(46,47)30-9-7-25(36)18-29(30)48-2/h4-10,17-18H,3,11-16,20-23H2,1-2H3,(H,39,45). The minimum Gasteiger partial charge on any atom is -0.495 e. The fourth-order valence-electron chi connectivity index (χ4n) is 7.54. The van der Waals surface area contributed by atoms with Crippen LogP contribution < -0.4 is 19.1 Å². The summed E-state index contributed by atoms with van der Waals surface area (Å²) < 4.78 is 60.1. The highest BCUT2D eigenvalue weighted by Crippen LogP contribution is 2.50. The van der Waals surface area contributed by atoms with Gasteiger partial charge in [0.1, 0.15) is 16.5 Å². The first-order valence-corrected chi connectivity index (χ1v) is 18.1. The first kappa shape index (κ1) is 34.6. The number of carbonyl (C=O) groups excluding carboxylic acids is 2. The summed E-state index contributed by atoms with van der Waals surface area (Å²) in [6.07, 6.45) is 1.45. The van der Waals surface area contributed by atoms with Crippen molar-refractivity contribution in [1.82, 2.24) is 25.0 Å². The van der Waals surface area contributed by atoms with Crippen LogP contribution in [0.3, 0.4) is 0 Å². The van der Waals surface area contributed by atoms with E-state index in [1.807, 2.05) is 6.07 Å². The van der Waals surface area contributed by atoms with Gasteiger partial charge in [0.25, 0.3) is 15.9 Å². The number of likely N-dealkylation sites (tertiary alicyclic amines) is 2. The molecule has 3 saturated heterocycles. The lowest BCUT2D eigenvalue weighted by Crippen LogP contribution is -2.74.